The van der Waals surface area contributed by atoms with Gasteiger partial charge in [0.25, 0.3) is 0 Å². The van der Waals surface area contributed by atoms with Crippen LogP contribution >= 0.6 is 0 Å². The Morgan fingerprint density at radius 2 is 2.06 bits per heavy atom. The third-order valence-corrected chi connectivity index (χ3v) is 3.13. The van der Waals surface area contributed by atoms with Crippen molar-refractivity contribution in [2.75, 3.05) is 19.6 Å². The van der Waals surface area contributed by atoms with E-state index in [9.17, 15) is 9.59 Å². The second-order valence-electron chi connectivity index (χ2n) is 4.37. The van der Waals surface area contributed by atoms with Gasteiger partial charge in [0.15, 0.2) is 0 Å². The fourth-order valence-corrected chi connectivity index (χ4v) is 1.90. The zero-order valence-electron chi connectivity index (χ0n) is 10.6. The summed E-state index contributed by atoms with van der Waals surface area (Å²) in [5.41, 5.74) is 1.87. The summed E-state index contributed by atoms with van der Waals surface area (Å²) in [5, 5.41) is 11.8. The van der Waals surface area contributed by atoms with Crippen molar-refractivity contribution in [1.82, 2.24) is 10.2 Å². The molecular weight excluding hydrogens is 220 g/mol. The van der Waals surface area contributed by atoms with Crippen molar-refractivity contribution in [3.8, 4) is 0 Å². The number of hydrogen-bond acceptors (Lipinski definition) is 3. The summed E-state index contributed by atoms with van der Waals surface area (Å²) < 4.78 is 0. The first-order valence-electron chi connectivity index (χ1n) is 5.89. The van der Waals surface area contributed by atoms with E-state index in [-0.39, 0.29) is 18.4 Å². The molecule has 0 aliphatic carbocycles. The van der Waals surface area contributed by atoms with Crippen LogP contribution in [-0.4, -0.2) is 47.6 Å². The highest BCUT2D eigenvalue weighted by molar-refractivity contribution is 5.94. The summed E-state index contributed by atoms with van der Waals surface area (Å²) in [6, 6.07) is -0.270. The Bertz CT molecular complexity index is 344. The Labute approximate surface area is 101 Å². The van der Waals surface area contributed by atoms with Crippen molar-refractivity contribution in [2.24, 2.45) is 0 Å². The summed E-state index contributed by atoms with van der Waals surface area (Å²) in [7, 11) is 0. The van der Waals surface area contributed by atoms with Gasteiger partial charge in [0, 0.05) is 31.2 Å². The summed E-state index contributed by atoms with van der Waals surface area (Å²) >= 11 is 0. The largest absolute Gasteiger partial charge is 0.481 e. The monoisotopic (exact) mass is 240 g/mol. The maximum absolute atomic E-state index is 12.2. The fraction of sp³-hybridized carbons (Fsp3) is 0.667. The number of nitrogens with zero attached hydrogens (tertiary/aromatic N) is 1. The molecule has 1 heterocycles. The van der Waals surface area contributed by atoms with Crippen molar-refractivity contribution < 1.29 is 14.7 Å². The van der Waals surface area contributed by atoms with E-state index in [0.717, 1.165) is 24.2 Å². The molecular formula is C12H20N2O3. The minimum absolute atomic E-state index is 0.0134. The van der Waals surface area contributed by atoms with Crippen LogP contribution in [0.2, 0.25) is 0 Å². The van der Waals surface area contributed by atoms with Crippen LogP contribution in [0, 0.1) is 0 Å². The number of likely N-dealkylation sites (N-methyl/N-ethyl adjacent to an activating group) is 1. The van der Waals surface area contributed by atoms with Gasteiger partial charge in [0.1, 0.15) is 0 Å². The smallest absolute Gasteiger partial charge is 0.305 e. The van der Waals surface area contributed by atoms with Crippen LogP contribution in [0.4, 0.5) is 0 Å². The summed E-state index contributed by atoms with van der Waals surface area (Å²) in [6.45, 7) is 7.52. The summed E-state index contributed by atoms with van der Waals surface area (Å²) in [4.78, 5) is 24.5. The predicted molar refractivity (Wildman–Crippen MR) is 64.7 cm³/mol. The van der Waals surface area contributed by atoms with Crippen molar-refractivity contribution in [2.45, 2.75) is 33.2 Å². The van der Waals surface area contributed by atoms with Crippen LogP contribution in [-0.2, 0) is 9.59 Å². The van der Waals surface area contributed by atoms with Gasteiger partial charge in [-0.3, -0.25) is 9.59 Å². The van der Waals surface area contributed by atoms with E-state index in [1.54, 1.807) is 11.8 Å². The molecule has 0 aromatic heterocycles. The number of aliphatic carboxylic acids is 1. The van der Waals surface area contributed by atoms with Gasteiger partial charge < -0.3 is 15.3 Å². The van der Waals surface area contributed by atoms with Gasteiger partial charge in [-0.05, 0) is 26.3 Å². The van der Waals surface area contributed by atoms with Gasteiger partial charge in [0.05, 0.1) is 6.42 Å². The average molecular weight is 240 g/mol. The number of carboxylic acids is 1. The summed E-state index contributed by atoms with van der Waals surface area (Å²) in [5.74, 6) is -0.919. The Hall–Kier alpha value is -1.36. The molecule has 1 aliphatic heterocycles. The Kier molecular flexibility index (Phi) is 4.69. The molecule has 0 spiro atoms. The number of carboxylic acid groups (broad SMARTS) is 1. The normalized spacial score (nSPS) is 16.1. The lowest BCUT2D eigenvalue weighted by molar-refractivity contribution is -0.139. The lowest BCUT2D eigenvalue weighted by Crippen LogP contribution is -2.43. The van der Waals surface area contributed by atoms with E-state index in [2.05, 4.69) is 5.32 Å². The first-order valence-corrected chi connectivity index (χ1v) is 5.89. The lowest BCUT2D eigenvalue weighted by atomic mass is 10.0. The fourth-order valence-electron chi connectivity index (χ4n) is 1.90. The van der Waals surface area contributed by atoms with Crippen molar-refractivity contribution >= 4 is 11.9 Å². The minimum Gasteiger partial charge on any atom is -0.481 e. The first-order chi connectivity index (χ1) is 7.97. The number of carbonyl (C=O) groups excluding carboxylic acids is 1. The van der Waals surface area contributed by atoms with Crippen LogP contribution in [0.5, 0.6) is 0 Å². The first kappa shape index (κ1) is 13.7. The van der Waals surface area contributed by atoms with Crippen molar-refractivity contribution in [3.63, 3.8) is 0 Å². The Balaban J connectivity index is 2.72. The topological polar surface area (TPSA) is 69.6 Å². The summed E-state index contributed by atoms with van der Waals surface area (Å²) in [6.07, 6.45) is -0.0134. The van der Waals surface area contributed by atoms with Crippen LogP contribution in [0.25, 0.3) is 0 Å². The van der Waals surface area contributed by atoms with Gasteiger partial charge >= 0.3 is 5.97 Å². The number of hydrogen-bond donors (Lipinski definition) is 2. The number of amides is 1. The molecule has 96 valence electrons. The molecule has 0 radical (unpaired) electrons. The molecule has 0 aromatic rings. The van der Waals surface area contributed by atoms with Gasteiger partial charge in [-0.25, -0.2) is 0 Å². The molecule has 1 atom stereocenters. The molecule has 5 nitrogen and oxygen atoms in total. The maximum atomic E-state index is 12.2. The maximum Gasteiger partial charge on any atom is 0.305 e. The zero-order chi connectivity index (χ0) is 13.0. The predicted octanol–water partition coefficient (Wildman–Crippen LogP) is 0.618. The minimum atomic E-state index is -0.876. The molecule has 1 unspecified atom stereocenters. The highest BCUT2D eigenvalue weighted by Crippen LogP contribution is 2.14. The molecule has 1 saturated heterocycles. The molecule has 0 saturated carbocycles. The zero-order valence-corrected chi connectivity index (χ0v) is 10.6. The number of rotatable bonds is 5. The Morgan fingerprint density at radius 3 is 2.41 bits per heavy atom. The number of carbonyl (C=O) groups is 2. The quantitative estimate of drug-likeness (QED) is 0.691. The van der Waals surface area contributed by atoms with E-state index in [1.807, 2.05) is 13.8 Å². The molecule has 0 aromatic carbocycles. The Morgan fingerprint density at radius 1 is 1.47 bits per heavy atom. The van der Waals surface area contributed by atoms with E-state index in [4.69, 9.17) is 5.11 Å². The van der Waals surface area contributed by atoms with Crippen molar-refractivity contribution in [3.05, 3.63) is 11.1 Å². The third kappa shape index (κ3) is 3.30. The molecule has 0 bridgehead atoms. The van der Waals surface area contributed by atoms with Gasteiger partial charge in [-0.15, -0.1) is 0 Å². The SMILES string of the molecule is CCN(C(=O)C(C)=C1CNC1)C(C)CC(=O)O. The van der Waals surface area contributed by atoms with E-state index < -0.39 is 5.97 Å². The van der Waals surface area contributed by atoms with Crippen LogP contribution < -0.4 is 5.32 Å². The highest BCUT2D eigenvalue weighted by atomic mass is 16.4. The van der Waals surface area contributed by atoms with Gasteiger partial charge in [0.2, 0.25) is 5.91 Å². The van der Waals surface area contributed by atoms with E-state index in [0.29, 0.717) is 6.54 Å². The van der Waals surface area contributed by atoms with Gasteiger partial charge in [-0.2, -0.15) is 0 Å². The standard InChI is InChI=1S/C12H20N2O3/c1-4-14(8(2)5-11(15)16)12(17)9(3)10-6-13-7-10/h8,13H,4-7H2,1-3H3,(H,15,16). The average Bonchev–Trinajstić information content (AvgIpc) is 2.14. The van der Waals surface area contributed by atoms with Gasteiger partial charge in [-0.1, -0.05) is 0 Å². The molecule has 1 amide bonds. The molecule has 2 N–H and O–H groups in total. The lowest BCUT2D eigenvalue weighted by Gasteiger charge is -2.30. The molecule has 1 aliphatic rings. The van der Waals surface area contributed by atoms with E-state index in [1.165, 1.54) is 0 Å². The van der Waals surface area contributed by atoms with Crippen molar-refractivity contribution in [1.29, 1.82) is 0 Å². The molecule has 5 heteroatoms. The van der Waals surface area contributed by atoms with Crippen LogP contribution in [0.3, 0.4) is 0 Å². The third-order valence-electron chi connectivity index (χ3n) is 3.13. The van der Waals surface area contributed by atoms with Crippen LogP contribution in [0.15, 0.2) is 11.1 Å². The second kappa shape index (κ2) is 5.82. The molecule has 1 rings (SSSR count). The molecule has 1 fully saturated rings. The molecule has 17 heavy (non-hydrogen) atoms. The van der Waals surface area contributed by atoms with Crippen LogP contribution in [0.1, 0.15) is 27.2 Å². The highest BCUT2D eigenvalue weighted by Gasteiger charge is 2.24. The number of nitrogens with one attached hydrogen (secondary N) is 1. The second-order valence-corrected chi connectivity index (χ2v) is 4.37. The van der Waals surface area contributed by atoms with E-state index >= 15 is 0 Å².